The Balaban J connectivity index is 2.03. The van der Waals surface area contributed by atoms with Crippen LogP contribution in [0.1, 0.15) is 18.9 Å². The molecule has 1 unspecified atom stereocenters. The van der Waals surface area contributed by atoms with Crippen LogP contribution in [0, 0.1) is 5.92 Å². The first-order valence-corrected chi connectivity index (χ1v) is 6.31. The molecule has 1 aliphatic heterocycles. The van der Waals surface area contributed by atoms with Gasteiger partial charge in [-0.3, -0.25) is 0 Å². The van der Waals surface area contributed by atoms with Gasteiger partial charge in [-0.05, 0) is 42.2 Å². The molecule has 108 valence electrons. The zero-order chi connectivity index (χ0) is 14.8. The minimum absolute atomic E-state index is 0.203. The van der Waals surface area contributed by atoms with Gasteiger partial charge in [-0.2, -0.15) is 13.2 Å². The summed E-state index contributed by atoms with van der Waals surface area (Å²) in [7, 11) is 0. The highest BCUT2D eigenvalue weighted by Gasteiger charge is 2.28. The van der Waals surface area contributed by atoms with Crippen molar-refractivity contribution < 1.29 is 17.9 Å². The third kappa shape index (κ3) is 3.79. The van der Waals surface area contributed by atoms with Gasteiger partial charge in [-0.25, -0.2) is 0 Å². The van der Waals surface area contributed by atoms with Gasteiger partial charge in [-0.15, -0.1) is 0 Å². The topological polar surface area (TPSA) is 21.3 Å². The maximum Gasteiger partial charge on any atom is 0.422 e. The molecule has 0 saturated carbocycles. The number of hydrogen-bond donors (Lipinski definition) is 1. The summed E-state index contributed by atoms with van der Waals surface area (Å²) in [5, 5.41) is 3.20. The molecule has 0 radical (unpaired) electrons. The van der Waals surface area contributed by atoms with Crippen LogP contribution < -0.4 is 10.1 Å². The molecule has 2 rings (SSSR count). The molecule has 1 atom stereocenters. The number of ether oxygens (including phenoxy) is 1. The van der Waals surface area contributed by atoms with Gasteiger partial charge < -0.3 is 10.1 Å². The molecule has 0 spiro atoms. The first-order valence-electron chi connectivity index (χ1n) is 6.31. The molecule has 1 N–H and O–H groups in total. The third-order valence-corrected chi connectivity index (χ3v) is 3.13. The standard InChI is InChI=1S/C15H16F3NO/c1-10-3-8-14(19-11(10)2)12-4-6-13(7-5-12)20-9-15(16,17)18/h4-8,10,19H,2-3,9H2,1H3. The fourth-order valence-corrected chi connectivity index (χ4v) is 1.87. The monoisotopic (exact) mass is 283 g/mol. The van der Waals surface area contributed by atoms with Crippen molar-refractivity contribution in [3.63, 3.8) is 0 Å². The predicted molar refractivity (Wildman–Crippen MR) is 72.0 cm³/mol. The van der Waals surface area contributed by atoms with Crippen molar-refractivity contribution in [3.8, 4) is 5.75 Å². The summed E-state index contributed by atoms with van der Waals surface area (Å²) < 4.78 is 40.8. The van der Waals surface area contributed by atoms with Gasteiger partial charge in [0.25, 0.3) is 0 Å². The van der Waals surface area contributed by atoms with E-state index in [1.54, 1.807) is 12.1 Å². The molecule has 0 saturated heterocycles. The summed E-state index contributed by atoms with van der Waals surface area (Å²) in [6.45, 7) is 4.75. The van der Waals surface area contributed by atoms with Gasteiger partial charge >= 0.3 is 6.18 Å². The van der Waals surface area contributed by atoms with Gasteiger partial charge in [0.15, 0.2) is 6.61 Å². The van der Waals surface area contributed by atoms with E-state index in [1.165, 1.54) is 12.1 Å². The van der Waals surface area contributed by atoms with Gasteiger partial charge in [0, 0.05) is 11.4 Å². The molecule has 1 aromatic carbocycles. The van der Waals surface area contributed by atoms with Crippen molar-refractivity contribution in [3.05, 3.63) is 48.2 Å². The zero-order valence-electron chi connectivity index (χ0n) is 11.1. The van der Waals surface area contributed by atoms with E-state index in [2.05, 4.69) is 29.6 Å². The number of allylic oxidation sites excluding steroid dienone is 2. The number of alkyl halides is 3. The first kappa shape index (κ1) is 14.5. The maximum absolute atomic E-state index is 12.0. The molecule has 1 aromatic rings. The Morgan fingerprint density at radius 1 is 1.30 bits per heavy atom. The second-order valence-corrected chi connectivity index (χ2v) is 4.83. The molecule has 0 fully saturated rings. The lowest BCUT2D eigenvalue weighted by atomic mass is 9.97. The fraction of sp³-hybridized carbons (Fsp3) is 0.333. The number of rotatable bonds is 3. The lowest BCUT2D eigenvalue weighted by Crippen LogP contribution is -2.21. The molecule has 0 amide bonds. The van der Waals surface area contributed by atoms with Crippen molar-refractivity contribution in [1.82, 2.24) is 5.32 Å². The highest BCUT2D eigenvalue weighted by molar-refractivity contribution is 5.67. The summed E-state index contributed by atoms with van der Waals surface area (Å²) in [4.78, 5) is 0. The van der Waals surface area contributed by atoms with Crippen molar-refractivity contribution in [2.24, 2.45) is 5.92 Å². The zero-order valence-corrected chi connectivity index (χ0v) is 11.1. The quantitative estimate of drug-likeness (QED) is 0.901. The smallest absolute Gasteiger partial charge is 0.422 e. The van der Waals surface area contributed by atoms with E-state index in [1.807, 2.05) is 0 Å². The Labute approximate surface area is 115 Å². The summed E-state index contributed by atoms with van der Waals surface area (Å²) >= 11 is 0. The average Bonchev–Trinajstić information content (AvgIpc) is 2.39. The molecular formula is C15H16F3NO. The number of benzene rings is 1. The molecule has 0 aliphatic carbocycles. The summed E-state index contributed by atoms with van der Waals surface area (Å²) in [5.41, 5.74) is 2.77. The molecular weight excluding hydrogens is 267 g/mol. The molecule has 1 heterocycles. The Kier molecular flexibility index (Phi) is 4.06. The largest absolute Gasteiger partial charge is 0.484 e. The normalized spacial score (nSPS) is 19.3. The van der Waals surface area contributed by atoms with Gasteiger partial charge in [-0.1, -0.05) is 19.6 Å². The van der Waals surface area contributed by atoms with E-state index in [0.717, 1.165) is 23.4 Å². The molecule has 1 aliphatic rings. The third-order valence-electron chi connectivity index (χ3n) is 3.13. The van der Waals surface area contributed by atoms with Gasteiger partial charge in [0.1, 0.15) is 5.75 Å². The molecule has 0 aromatic heterocycles. The van der Waals surface area contributed by atoms with E-state index in [9.17, 15) is 13.2 Å². The molecule has 0 bridgehead atoms. The molecule has 5 heteroatoms. The highest BCUT2D eigenvalue weighted by Crippen LogP contribution is 2.26. The van der Waals surface area contributed by atoms with Crippen LogP contribution in [0.4, 0.5) is 13.2 Å². The minimum atomic E-state index is -4.32. The summed E-state index contributed by atoms with van der Waals surface area (Å²) in [6.07, 6.45) is -1.36. The maximum atomic E-state index is 12.0. The number of hydrogen-bond acceptors (Lipinski definition) is 2. The lowest BCUT2D eigenvalue weighted by molar-refractivity contribution is -0.153. The lowest BCUT2D eigenvalue weighted by Gasteiger charge is -2.23. The van der Waals surface area contributed by atoms with Crippen LogP contribution in [-0.4, -0.2) is 12.8 Å². The van der Waals surface area contributed by atoms with E-state index in [4.69, 9.17) is 0 Å². The van der Waals surface area contributed by atoms with E-state index < -0.39 is 12.8 Å². The van der Waals surface area contributed by atoms with Gasteiger partial charge in [0.2, 0.25) is 0 Å². The van der Waals surface area contributed by atoms with Crippen LogP contribution in [0.5, 0.6) is 5.75 Å². The predicted octanol–water partition coefficient (Wildman–Crippen LogP) is 4.11. The Morgan fingerprint density at radius 2 is 1.95 bits per heavy atom. The second kappa shape index (κ2) is 5.61. The number of nitrogens with one attached hydrogen (secondary N) is 1. The van der Waals surface area contributed by atoms with Crippen molar-refractivity contribution in [2.75, 3.05) is 6.61 Å². The van der Waals surface area contributed by atoms with E-state index in [0.29, 0.717) is 5.92 Å². The van der Waals surface area contributed by atoms with E-state index >= 15 is 0 Å². The van der Waals surface area contributed by atoms with E-state index in [-0.39, 0.29) is 5.75 Å². The Hall–Kier alpha value is -1.91. The SMILES string of the molecule is C=C1NC(c2ccc(OCC(F)(F)F)cc2)=CCC1C. The first-order chi connectivity index (χ1) is 9.35. The fourth-order valence-electron chi connectivity index (χ4n) is 1.87. The summed E-state index contributed by atoms with van der Waals surface area (Å²) in [6, 6.07) is 6.52. The average molecular weight is 283 g/mol. The van der Waals surface area contributed by atoms with Crippen molar-refractivity contribution in [2.45, 2.75) is 19.5 Å². The van der Waals surface area contributed by atoms with Crippen molar-refractivity contribution >= 4 is 5.70 Å². The van der Waals surface area contributed by atoms with Crippen LogP contribution in [-0.2, 0) is 0 Å². The van der Waals surface area contributed by atoms with Crippen LogP contribution in [0.3, 0.4) is 0 Å². The number of halogens is 3. The Bertz CT molecular complexity index is 517. The van der Waals surface area contributed by atoms with Crippen LogP contribution in [0.2, 0.25) is 0 Å². The van der Waals surface area contributed by atoms with Crippen molar-refractivity contribution in [1.29, 1.82) is 0 Å². The van der Waals surface area contributed by atoms with Crippen LogP contribution in [0.25, 0.3) is 5.70 Å². The molecule has 20 heavy (non-hydrogen) atoms. The summed E-state index contributed by atoms with van der Waals surface area (Å²) in [5.74, 6) is 0.586. The Morgan fingerprint density at radius 3 is 2.50 bits per heavy atom. The van der Waals surface area contributed by atoms with Crippen LogP contribution in [0.15, 0.2) is 42.6 Å². The minimum Gasteiger partial charge on any atom is -0.484 e. The van der Waals surface area contributed by atoms with Crippen LogP contribution >= 0.6 is 0 Å². The molecule has 2 nitrogen and oxygen atoms in total. The second-order valence-electron chi connectivity index (χ2n) is 4.83. The van der Waals surface area contributed by atoms with Gasteiger partial charge in [0.05, 0.1) is 0 Å². The highest BCUT2D eigenvalue weighted by atomic mass is 19.4.